The maximum Gasteiger partial charge on any atom is 0.110 e. The predicted octanol–water partition coefficient (Wildman–Crippen LogP) is 3.06. The number of rotatable bonds is 4. The van der Waals surface area contributed by atoms with Crippen molar-refractivity contribution in [2.75, 3.05) is 19.6 Å². The van der Waals surface area contributed by atoms with E-state index in [1.165, 1.54) is 0 Å². The summed E-state index contributed by atoms with van der Waals surface area (Å²) in [6, 6.07) is 0.204. The van der Waals surface area contributed by atoms with Crippen LogP contribution in [0.2, 0.25) is 5.02 Å². The lowest BCUT2D eigenvalue weighted by molar-refractivity contribution is -0.0352. The zero-order valence-electron chi connectivity index (χ0n) is 12.9. The van der Waals surface area contributed by atoms with E-state index in [1.807, 2.05) is 4.68 Å². The average Bonchev–Trinajstić information content (AvgIpc) is 2.75. The van der Waals surface area contributed by atoms with Gasteiger partial charge in [0, 0.05) is 25.7 Å². The van der Waals surface area contributed by atoms with Crippen molar-refractivity contribution in [1.29, 1.82) is 0 Å². The Labute approximate surface area is 126 Å². The van der Waals surface area contributed by atoms with Crippen LogP contribution in [0.15, 0.2) is 6.20 Å². The average molecular weight is 300 g/mol. The van der Waals surface area contributed by atoms with Gasteiger partial charge in [-0.2, -0.15) is 5.10 Å². The normalized spacial score (nSPS) is 20.0. The van der Waals surface area contributed by atoms with E-state index < -0.39 is 5.60 Å². The summed E-state index contributed by atoms with van der Waals surface area (Å²) in [4.78, 5) is 2.42. The van der Waals surface area contributed by atoms with E-state index in [0.29, 0.717) is 10.9 Å². The molecule has 2 heterocycles. The second-order valence-electron chi connectivity index (χ2n) is 6.61. The number of hydrogen-bond donors (Lipinski definition) is 1. The minimum absolute atomic E-state index is 0.204. The molecule has 0 atom stereocenters. The predicted molar refractivity (Wildman–Crippen MR) is 82.0 cm³/mol. The van der Waals surface area contributed by atoms with Crippen LogP contribution in [0.5, 0.6) is 0 Å². The molecule has 1 fully saturated rings. The summed E-state index contributed by atoms with van der Waals surface area (Å²) in [6.07, 6.45) is 3.09. The van der Waals surface area contributed by atoms with Gasteiger partial charge in [-0.05, 0) is 32.6 Å². The summed E-state index contributed by atoms with van der Waals surface area (Å²) in [5, 5.41) is 15.9. The molecule has 4 nitrogen and oxygen atoms in total. The van der Waals surface area contributed by atoms with Crippen molar-refractivity contribution in [2.45, 2.75) is 52.2 Å². The Hall–Kier alpha value is -0.580. The van der Waals surface area contributed by atoms with Gasteiger partial charge in [0.1, 0.15) is 5.60 Å². The van der Waals surface area contributed by atoms with Gasteiger partial charge in [0.25, 0.3) is 0 Å². The van der Waals surface area contributed by atoms with Crippen LogP contribution in [-0.2, 0) is 5.60 Å². The van der Waals surface area contributed by atoms with E-state index in [0.717, 1.165) is 38.2 Å². The van der Waals surface area contributed by atoms with Gasteiger partial charge in [-0.3, -0.25) is 4.68 Å². The maximum absolute atomic E-state index is 11.0. The monoisotopic (exact) mass is 299 g/mol. The Balaban J connectivity index is 2.16. The molecule has 5 heteroatoms. The fourth-order valence-electron chi connectivity index (χ4n) is 3.03. The molecular weight excluding hydrogens is 274 g/mol. The number of nitrogens with zero attached hydrogens (tertiary/aromatic N) is 3. The van der Waals surface area contributed by atoms with Crippen molar-refractivity contribution in [2.24, 2.45) is 5.92 Å². The molecule has 1 aliphatic rings. The molecule has 2 rings (SSSR count). The Morgan fingerprint density at radius 2 is 1.90 bits per heavy atom. The number of piperidine rings is 1. The highest BCUT2D eigenvalue weighted by molar-refractivity contribution is 6.31. The summed E-state index contributed by atoms with van der Waals surface area (Å²) < 4.78 is 1.86. The summed E-state index contributed by atoms with van der Waals surface area (Å²) in [6.45, 7) is 11.5. The quantitative estimate of drug-likeness (QED) is 0.929. The molecule has 0 spiro atoms. The third kappa shape index (κ3) is 3.18. The molecule has 20 heavy (non-hydrogen) atoms. The van der Waals surface area contributed by atoms with Crippen LogP contribution in [0.4, 0.5) is 0 Å². The van der Waals surface area contributed by atoms with Crippen molar-refractivity contribution < 1.29 is 5.11 Å². The van der Waals surface area contributed by atoms with Crippen molar-refractivity contribution in [3.8, 4) is 0 Å². The molecule has 1 N–H and O–H groups in total. The fraction of sp³-hybridized carbons (Fsp3) is 0.800. The first-order valence-corrected chi connectivity index (χ1v) is 7.89. The van der Waals surface area contributed by atoms with Crippen LogP contribution in [-0.4, -0.2) is 39.4 Å². The molecule has 0 bridgehead atoms. The molecule has 0 saturated carbocycles. The first kappa shape index (κ1) is 15.8. The Morgan fingerprint density at radius 1 is 1.30 bits per heavy atom. The number of likely N-dealkylation sites (tertiary alicyclic amines) is 1. The summed E-state index contributed by atoms with van der Waals surface area (Å²) >= 11 is 6.28. The standard InChI is InChI=1S/C15H26ClN3O/c1-11(2)10-18-7-5-15(20,6-8-18)14-13(16)9-17-19(14)12(3)4/h9,11-12,20H,5-8,10H2,1-4H3. The molecule has 0 radical (unpaired) electrons. The minimum atomic E-state index is -0.842. The molecule has 1 aromatic rings. The van der Waals surface area contributed by atoms with Gasteiger partial charge in [0.15, 0.2) is 0 Å². The minimum Gasteiger partial charge on any atom is -0.383 e. The molecule has 1 aliphatic heterocycles. The largest absolute Gasteiger partial charge is 0.383 e. The number of halogens is 1. The highest BCUT2D eigenvalue weighted by atomic mass is 35.5. The van der Waals surface area contributed by atoms with Gasteiger partial charge in [-0.25, -0.2) is 0 Å². The topological polar surface area (TPSA) is 41.3 Å². The van der Waals surface area contributed by atoms with E-state index in [4.69, 9.17) is 11.6 Å². The Morgan fingerprint density at radius 3 is 2.40 bits per heavy atom. The van der Waals surface area contributed by atoms with Crippen LogP contribution in [0.3, 0.4) is 0 Å². The van der Waals surface area contributed by atoms with E-state index in [9.17, 15) is 5.11 Å². The molecule has 1 saturated heterocycles. The first-order valence-electron chi connectivity index (χ1n) is 7.51. The highest BCUT2D eigenvalue weighted by Crippen LogP contribution is 2.38. The van der Waals surface area contributed by atoms with Gasteiger partial charge in [0.05, 0.1) is 16.9 Å². The van der Waals surface area contributed by atoms with Crippen LogP contribution in [0.1, 0.15) is 52.3 Å². The lowest BCUT2D eigenvalue weighted by Crippen LogP contribution is -2.45. The molecule has 0 unspecified atom stereocenters. The highest BCUT2D eigenvalue weighted by Gasteiger charge is 2.39. The zero-order chi connectivity index (χ0) is 14.9. The van der Waals surface area contributed by atoms with Gasteiger partial charge >= 0.3 is 0 Å². The van der Waals surface area contributed by atoms with Crippen LogP contribution in [0.25, 0.3) is 0 Å². The van der Waals surface area contributed by atoms with Gasteiger partial charge < -0.3 is 10.0 Å². The van der Waals surface area contributed by atoms with E-state index in [1.54, 1.807) is 6.20 Å². The molecule has 1 aromatic heterocycles. The van der Waals surface area contributed by atoms with Crippen molar-refractivity contribution in [3.63, 3.8) is 0 Å². The molecule has 0 amide bonds. The van der Waals surface area contributed by atoms with Crippen molar-refractivity contribution >= 4 is 11.6 Å². The molecular formula is C15H26ClN3O. The molecule has 114 valence electrons. The lowest BCUT2D eigenvalue weighted by atomic mass is 9.87. The fourth-order valence-corrected chi connectivity index (χ4v) is 3.33. The van der Waals surface area contributed by atoms with Crippen molar-refractivity contribution in [1.82, 2.24) is 14.7 Å². The second kappa shape index (κ2) is 6.04. The second-order valence-corrected chi connectivity index (χ2v) is 7.01. The third-order valence-electron chi connectivity index (χ3n) is 3.99. The smallest absolute Gasteiger partial charge is 0.110 e. The zero-order valence-corrected chi connectivity index (χ0v) is 13.7. The summed E-state index contributed by atoms with van der Waals surface area (Å²) in [7, 11) is 0. The van der Waals surface area contributed by atoms with E-state index in [2.05, 4.69) is 37.7 Å². The van der Waals surface area contributed by atoms with Gasteiger partial charge in [0.2, 0.25) is 0 Å². The summed E-state index contributed by atoms with van der Waals surface area (Å²) in [5.41, 5.74) is -0.0518. The van der Waals surface area contributed by atoms with Gasteiger partial charge in [-0.1, -0.05) is 25.4 Å². The number of aliphatic hydroxyl groups is 1. The van der Waals surface area contributed by atoms with Crippen molar-refractivity contribution in [3.05, 3.63) is 16.9 Å². The van der Waals surface area contributed by atoms with Crippen LogP contribution in [0, 0.1) is 5.92 Å². The van der Waals surface area contributed by atoms with E-state index in [-0.39, 0.29) is 6.04 Å². The Bertz CT molecular complexity index is 448. The van der Waals surface area contributed by atoms with Gasteiger partial charge in [-0.15, -0.1) is 0 Å². The van der Waals surface area contributed by atoms with Crippen LogP contribution < -0.4 is 0 Å². The maximum atomic E-state index is 11.0. The lowest BCUT2D eigenvalue weighted by Gasteiger charge is -2.39. The Kier molecular flexibility index (Phi) is 4.77. The number of hydrogen-bond acceptors (Lipinski definition) is 3. The van der Waals surface area contributed by atoms with Crippen LogP contribution >= 0.6 is 11.6 Å². The third-order valence-corrected chi connectivity index (χ3v) is 4.26. The SMILES string of the molecule is CC(C)CN1CCC(O)(c2c(Cl)cnn2C(C)C)CC1. The van der Waals surface area contributed by atoms with E-state index >= 15 is 0 Å². The first-order chi connectivity index (χ1) is 9.33. The molecule has 0 aromatic carbocycles. The molecule has 0 aliphatic carbocycles. The number of aromatic nitrogens is 2. The summed E-state index contributed by atoms with van der Waals surface area (Å²) in [5.74, 6) is 0.658.